The number of piperidine rings is 1. The number of fused-ring (bicyclic) bond motifs is 1. The second-order valence-electron chi connectivity index (χ2n) is 9.53. The molecule has 0 radical (unpaired) electrons. The third-order valence-corrected chi connectivity index (χ3v) is 7.28. The summed E-state index contributed by atoms with van der Waals surface area (Å²) < 4.78 is 5.57. The fourth-order valence-corrected chi connectivity index (χ4v) is 5.15. The summed E-state index contributed by atoms with van der Waals surface area (Å²) in [6.07, 6.45) is 5.51. The fraction of sp³-hybridized carbons (Fsp3) is 0.481. The van der Waals surface area contributed by atoms with Crippen LogP contribution in [0, 0.1) is 0 Å². The van der Waals surface area contributed by atoms with Crippen LogP contribution >= 0.6 is 11.6 Å². The Hall–Kier alpha value is -3.01. The molecule has 10 heteroatoms. The van der Waals surface area contributed by atoms with Gasteiger partial charge in [0.2, 0.25) is 17.7 Å². The Morgan fingerprint density at radius 3 is 2.76 bits per heavy atom. The van der Waals surface area contributed by atoms with E-state index >= 15 is 0 Å². The SMILES string of the molecule is CNCCOCCC1=C(Cl)C=C(NC(=O)CCc2ccc3c(c2)CN(C2CCC(=O)NC2=O)C3=O)CC1. The number of hydrogen-bond donors (Lipinski definition) is 3. The maximum absolute atomic E-state index is 12.8. The molecule has 3 aliphatic rings. The summed E-state index contributed by atoms with van der Waals surface area (Å²) in [5, 5.41) is 8.99. The fourth-order valence-electron chi connectivity index (χ4n) is 4.83. The first-order valence-electron chi connectivity index (χ1n) is 12.7. The number of ether oxygens (including phenoxy) is 1. The van der Waals surface area contributed by atoms with Crippen molar-refractivity contribution in [1.82, 2.24) is 20.9 Å². The van der Waals surface area contributed by atoms with Gasteiger partial charge in [-0.1, -0.05) is 23.7 Å². The largest absolute Gasteiger partial charge is 0.380 e. The minimum Gasteiger partial charge on any atom is -0.380 e. The Bertz CT molecular complexity index is 1150. The lowest BCUT2D eigenvalue weighted by Crippen LogP contribution is -2.52. The predicted molar refractivity (Wildman–Crippen MR) is 139 cm³/mol. The molecule has 1 unspecified atom stereocenters. The lowest BCUT2D eigenvalue weighted by Gasteiger charge is -2.29. The Kier molecular flexibility index (Phi) is 9.13. The normalized spacial score (nSPS) is 19.6. The van der Waals surface area contributed by atoms with Crippen LogP contribution in [0.4, 0.5) is 0 Å². The second-order valence-corrected chi connectivity index (χ2v) is 9.93. The van der Waals surface area contributed by atoms with Crippen molar-refractivity contribution in [1.29, 1.82) is 0 Å². The summed E-state index contributed by atoms with van der Waals surface area (Å²) in [6.45, 7) is 2.42. The number of aryl methyl sites for hydroxylation is 1. The monoisotopic (exact) mass is 528 g/mol. The molecule has 0 bridgehead atoms. The van der Waals surface area contributed by atoms with E-state index in [-0.39, 0.29) is 24.1 Å². The third kappa shape index (κ3) is 6.85. The van der Waals surface area contributed by atoms with E-state index in [0.29, 0.717) is 49.6 Å². The minimum absolute atomic E-state index is 0.0867. The van der Waals surface area contributed by atoms with Crippen LogP contribution in [0.1, 0.15) is 60.0 Å². The van der Waals surface area contributed by atoms with Crippen LogP contribution in [0.2, 0.25) is 0 Å². The van der Waals surface area contributed by atoms with E-state index in [0.717, 1.165) is 48.2 Å². The average molecular weight is 529 g/mol. The van der Waals surface area contributed by atoms with E-state index in [1.54, 1.807) is 6.07 Å². The van der Waals surface area contributed by atoms with Gasteiger partial charge in [0.15, 0.2) is 0 Å². The highest BCUT2D eigenvalue weighted by atomic mass is 35.5. The number of carbonyl (C=O) groups is 4. The molecule has 1 fully saturated rings. The molecule has 0 aromatic heterocycles. The number of benzene rings is 1. The summed E-state index contributed by atoms with van der Waals surface area (Å²) in [7, 11) is 1.89. The Labute approximate surface area is 221 Å². The highest BCUT2D eigenvalue weighted by molar-refractivity contribution is 6.31. The number of nitrogens with one attached hydrogen (secondary N) is 3. The highest BCUT2D eigenvalue weighted by Crippen LogP contribution is 2.29. The van der Waals surface area contributed by atoms with Gasteiger partial charge in [-0.3, -0.25) is 24.5 Å². The zero-order chi connectivity index (χ0) is 26.4. The molecule has 198 valence electrons. The molecule has 0 saturated carbocycles. The molecule has 37 heavy (non-hydrogen) atoms. The van der Waals surface area contributed by atoms with Crippen molar-refractivity contribution in [3.63, 3.8) is 0 Å². The van der Waals surface area contributed by atoms with Crippen molar-refractivity contribution in [2.45, 2.75) is 57.5 Å². The van der Waals surface area contributed by atoms with Gasteiger partial charge in [0, 0.05) is 42.2 Å². The van der Waals surface area contributed by atoms with Gasteiger partial charge < -0.3 is 20.3 Å². The summed E-state index contributed by atoms with van der Waals surface area (Å²) in [5.41, 5.74) is 4.30. The minimum atomic E-state index is -0.636. The molecule has 1 aromatic carbocycles. The van der Waals surface area contributed by atoms with Gasteiger partial charge in [-0.2, -0.15) is 0 Å². The number of rotatable bonds is 11. The first-order chi connectivity index (χ1) is 17.9. The molecule has 1 aromatic rings. The summed E-state index contributed by atoms with van der Waals surface area (Å²) in [5.74, 6) is -1.02. The van der Waals surface area contributed by atoms with E-state index in [2.05, 4.69) is 16.0 Å². The summed E-state index contributed by atoms with van der Waals surface area (Å²) in [4.78, 5) is 50.6. The number of allylic oxidation sites excluding steroid dienone is 3. The molecule has 1 atom stereocenters. The van der Waals surface area contributed by atoms with Crippen LogP contribution in [0.3, 0.4) is 0 Å². The maximum atomic E-state index is 12.8. The number of likely N-dealkylation sites (N-methyl/N-ethyl adjacent to an activating group) is 1. The molecule has 3 N–H and O–H groups in total. The maximum Gasteiger partial charge on any atom is 0.255 e. The Morgan fingerprint density at radius 2 is 2.00 bits per heavy atom. The van der Waals surface area contributed by atoms with Crippen LogP contribution in [0.5, 0.6) is 0 Å². The van der Waals surface area contributed by atoms with Crippen molar-refractivity contribution in [2.24, 2.45) is 0 Å². The average Bonchev–Trinajstić information content (AvgIpc) is 3.19. The molecule has 1 aliphatic carbocycles. The van der Waals surface area contributed by atoms with E-state index in [1.165, 1.54) is 4.90 Å². The van der Waals surface area contributed by atoms with E-state index in [9.17, 15) is 19.2 Å². The van der Waals surface area contributed by atoms with Crippen molar-refractivity contribution in [2.75, 3.05) is 26.8 Å². The molecule has 0 spiro atoms. The summed E-state index contributed by atoms with van der Waals surface area (Å²) >= 11 is 6.43. The molecular formula is C27H33ClN4O5. The molecule has 4 amide bonds. The van der Waals surface area contributed by atoms with Crippen molar-refractivity contribution >= 4 is 35.2 Å². The van der Waals surface area contributed by atoms with Gasteiger partial charge in [0.1, 0.15) is 6.04 Å². The second kappa shape index (κ2) is 12.5. The molecular weight excluding hydrogens is 496 g/mol. The van der Waals surface area contributed by atoms with Crippen LogP contribution in [0.15, 0.2) is 40.6 Å². The third-order valence-electron chi connectivity index (χ3n) is 6.91. The molecule has 2 aliphatic heterocycles. The highest BCUT2D eigenvalue weighted by Gasteiger charge is 2.39. The molecule has 1 saturated heterocycles. The van der Waals surface area contributed by atoms with Crippen LogP contribution < -0.4 is 16.0 Å². The molecule has 4 rings (SSSR count). The smallest absolute Gasteiger partial charge is 0.255 e. The number of carbonyl (C=O) groups excluding carboxylic acids is 4. The van der Waals surface area contributed by atoms with Gasteiger partial charge in [-0.15, -0.1) is 0 Å². The number of imide groups is 1. The van der Waals surface area contributed by atoms with Gasteiger partial charge in [-0.05, 0) is 68.0 Å². The standard InChI is InChI=1S/C27H33ClN4O5/c1-29-11-13-37-12-10-18-4-5-20(15-22(18)28)30-24(33)8-3-17-2-6-21-19(14-17)16-32(27(21)36)23-7-9-25(34)31-26(23)35/h2,6,14-15,23,29H,3-5,7-13,16H2,1H3,(H,30,33)(H,31,34,35). The number of hydrogen-bond acceptors (Lipinski definition) is 6. The lowest BCUT2D eigenvalue weighted by molar-refractivity contribution is -0.137. The molecule has 2 heterocycles. The van der Waals surface area contributed by atoms with E-state index in [4.69, 9.17) is 16.3 Å². The molecule has 9 nitrogen and oxygen atoms in total. The number of nitrogens with zero attached hydrogens (tertiary/aromatic N) is 1. The quantitative estimate of drug-likeness (QED) is 0.300. The van der Waals surface area contributed by atoms with Gasteiger partial charge in [0.25, 0.3) is 5.91 Å². The van der Waals surface area contributed by atoms with Crippen LogP contribution in [0.25, 0.3) is 0 Å². The Morgan fingerprint density at radius 1 is 1.16 bits per heavy atom. The summed E-state index contributed by atoms with van der Waals surface area (Å²) in [6, 6.07) is 4.90. The topological polar surface area (TPSA) is 117 Å². The first kappa shape index (κ1) is 27.0. The van der Waals surface area contributed by atoms with Crippen molar-refractivity contribution in [3.05, 3.63) is 57.3 Å². The van der Waals surface area contributed by atoms with Gasteiger partial charge in [-0.25, -0.2) is 0 Å². The number of halogens is 1. The number of amides is 4. The van der Waals surface area contributed by atoms with Crippen LogP contribution in [-0.2, 0) is 32.1 Å². The van der Waals surface area contributed by atoms with Gasteiger partial charge in [0.05, 0.1) is 13.2 Å². The van der Waals surface area contributed by atoms with E-state index < -0.39 is 11.9 Å². The van der Waals surface area contributed by atoms with Crippen molar-refractivity contribution < 1.29 is 23.9 Å². The Balaban J connectivity index is 1.27. The van der Waals surface area contributed by atoms with Crippen LogP contribution in [-0.4, -0.2) is 61.4 Å². The zero-order valence-electron chi connectivity index (χ0n) is 21.0. The van der Waals surface area contributed by atoms with Gasteiger partial charge >= 0.3 is 0 Å². The predicted octanol–water partition coefficient (Wildman–Crippen LogP) is 2.29. The van der Waals surface area contributed by atoms with E-state index in [1.807, 2.05) is 25.3 Å². The zero-order valence-corrected chi connectivity index (χ0v) is 21.8. The van der Waals surface area contributed by atoms with Crippen molar-refractivity contribution in [3.8, 4) is 0 Å². The first-order valence-corrected chi connectivity index (χ1v) is 13.1. The lowest BCUT2D eigenvalue weighted by atomic mass is 9.99.